The fourth-order valence-electron chi connectivity index (χ4n) is 3.71. The zero-order valence-electron chi connectivity index (χ0n) is 13.7. The Morgan fingerprint density at radius 1 is 1.17 bits per heavy atom. The smallest absolute Gasteiger partial charge is 0.220 e. The Bertz CT molecular complexity index is 506. The molecule has 1 amide bonds. The van der Waals surface area contributed by atoms with Crippen LogP contribution in [-0.2, 0) is 4.79 Å². The first kappa shape index (κ1) is 16.1. The molecule has 126 valence electrons. The highest BCUT2D eigenvalue weighted by Gasteiger charge is 2.33. The molecule has 1 aromatic rings. The molecule has 0 saturated carbocycles. The number of ether oxygens (including phenoxy) is 2. The Kier molecular flexibility index (Phi) is 5.39. The first-order chi connectivity index (χ1) is 11.2. The van der Waals surface area contributed by atoms with E-state index >= 15 is 0 Å². The third-order valence-electron chi connectivity index (χ3n) is 4.80. The highest BCUT2D eigenvalue weighted by Crippen LogP contribution is 2.32. The van der Waals surface area contributed by atoms with Gasteiger partial charge in [0, 0.05) is 18.5 Å². The van der Waals surface area contributed by atoms with E-state index in [9.17, 15) is 4.79 Å². The number of amides is 1. The molecule has 5 heteroatoms. The second-order valence-electron chi connectivity index (χ2n) is 6.55. The monoisotopic (exact) mass is 318 g/mol. The fraction of sp³-hybridized carbons (Fsp3) is 0.611. The van der Waals surface area contributed by atoms with Gasteiger partial charge in [-0.15, -0.1) is 0 Å². The molecule has 0 aromatic heterocycles. The molecule has 2 saturated heterocycles. The molecule has 0 spiro atoms. The van der Waals surface area contributed by atoms with Crippen LogP contribution in [-0.4, -0.2) is 38.3 Å². The van der Waals surface area contributed by atoms with Crippen LogP contribution < -0.4 is 20.1 Å². The number of nitrogens with one attached hydrogen (secondary N) is 2. The van der Waals surface area contributed by atoms with Crippen LogP contribution >= 0.6 is 0 Å². The van der Waals surface area contributed by atoms with Gasteiger partial charge in [-0.1, -0.05) is 0 Å². The summed E-state index contributed by atoms with van der Waals surface area (Å²) in [6.07, 6.45) is 5.49. The summed E-state index contributed by atoms with van der Waals surface area (Å²) in [6.45, 7) is 1.03. The first-order valence-electron chi connectivity index (χ1n) is 8.52. The minimum absolute atomic E-state index is 0.148. The average Bonchev–Trinajstić information content (AvgIpc) is 2.91. The molecule has 2 N–H and O–H groups in total. The van der Waals surface area contributed by atoms with Crippen LogP contribution in [0, 0.1) is 5.92 Å². The molecule has 2 heterocycles. The van der Waals surface area contributed by atoms with E-state index in [1.54, 1.807) is 7.11 Å². The van der Waals surface area contributed by atoms with Gasteiger partial charge in [0.1, 0.15) is 18.1 Å². The van der Waals surface area contributed by atoms with Crippen LogP contribution in [0.3, 0.4) is 0 Å². The lowest BCUT2D eigenvalue weighted by Crippen LogP contribution is -2.40. The highest BCUT2D eigenvalue weighted by atomic mass is 16.5. The SMILES string of the molecule is COc1ccc(OCCNC(=O)CC2CC3CCC(C2)N3)cc1. The van der Waals surface area contributed by atoms with Crippen molar-refractivity contribution >= 4 is 5.91 Å². The summed E-state index contributed by atoms with van der Waals surface area (Å²) in [5.41, 5.74) is 0. The van der Waals surface area contributed by atoms with Crippen molar-refractivity contribution in [2.45, 2.75) is 44.2 Å². The maximum atomic E-state index is 12.0. The van der Waals surface area contributed by atoms with E-state index in [2.05, 4.69) is 10.6 Å². The summed E-state index contributed by atoms with van der Waals surface area (Å²) in [6, 6.07) is 8.74. The number of fused-ring (bicyclic) bond motifs is 2. The van der Waals surface area contributed by atoms with Gasteiger partial charge in [0.05, 0.1) is 13.7 Å². The minimum atomic E-state index is 0.148. The highest BCUT2D eigenvalue weighted by molar-refractivity contribution is 5.76. The maximum Gasteiger partial charge on any atom is 0.220 e. The lowest BCUT2D eigenvalue weighted by atomic mass is 9.89. The van der Waals surface area contributed by atoms with Gasteiger partial charge in [0.2, 0.25) is 5.91 Å². The average molecular weight is 318 g/mol. The van der Waals surface area contributed by atoms with Crippen molar-refractivity contribution in [3.8, 4) is 11.5 Å². The van der Waals surface area contributed by atoms with E-state index < -0.39 is 0 Å². The molecule has 2 aliphatic heterocycles. The maximum absolute atomic E-state index is 12.0. The molecule has 2 bridgehead atoms. The van der Waals surface area contributed by atoms with Crippen LogP contribution in [0.25, 0.3) is 0 Å². The molecular weight excluding hydrogens is 292 g/mol. The molecule has 2 fully saturated rings. The number of carbonyl (C=O) groups is 1. The van der Waals surface area contributed by atoms with E-state index in [1.807, 2.05) is 24.3 Å². The summed E-state index contributed by atoms with van der Waals surface area (Å²) in [7, 11) is 1.64. The van der Waals surface area contributed by atoms with E-state index in [0.717, 1.165) is 24.3 Å². The summed E-state index contributed by atoms with van der Waals surface area (Å²) in [5, 5.41) is 6.58. The Morgan fingerprint density at radius 3 is 2.48 bits per heavy atom. The van der Waals surface area contributed by atoms with Crippen LogP contribution in [0.1, 0.15) is 32.1 Å². The van der Waals surface area contributed by atoms with Gasteiger partial charge in [0.25, 0.3) is 0 Å². The van der Waals surface area contributed by atoms with Crippen molar-refractivity contribution in [2.24, 2.45) is 5.92 Å². The van der Waals surface area contributed by atoms with E-state index in [-0.39, 0.29) is 5.91 Å². The number of hydrogen-bond acceptors (Lipinski definition) is 4. The molecule has 23 heavy (non-hydrogen) atoms. The standard InChI is InChI=1S/C18H26N2O3/c1-22-16-4-6-17(7-5-16)23-9-8-19-18(21)12-13-10-14-2-3-15(11-13)20-14/h4-7,13-15,20H,2-3,8-12H2,1H3,(H,19,21). The van der Waals surface area contributed by atoms with Crippen molar-refractivity contribution in [1.82, 2.24) is 10.6 Å². The molecule has 0 radical (unpaired) electrons. The molecule has 2 atom stereocenters. The predicted octanol–water partition coefficient (Wildman–Crippen LogP) is 2.11. The minimum Gasteiger partial charge on any atom is -0.497 e. The molecule has 2 aliphatic rings. The third kappa shape index (κ3) is 4.61. The van der Waals surface area contributed by atoms with Crippen LogP contribution in [0.5, 0.6) is 11.5 Å². The first-order valence-corrected chi connectivity index (χ1v) is 8.52. The lowest BCUT2D eigenvalue weighted by molar-refractivity contribution is -0.122. The van der Waals surface area contributed by atoms with Gasteiger partial charge in [-0.2, -0.15) is 0 Å². The fourth-order valence-corrected chi connectivity index (χ4v) is 3.71. The molecule has 5 nitrogen and oxygen atoms in total. The topological polar surface area (TPSA) is 59.6 Å². The zero-order valence-corrected chi connectivity index (χ0v) is 13.7. The number of methoxy groups -OCH3 is 1. The predicted molar refractivity (Wildman–Crippen MR) is 88.8 cm³/mol. The second-order valence-corrected chi connectivity index (χ2v) is 6.55. The van der Waals surface area contributed by atoms with E-state index in [0.29, 0.717) is 37.6 Å². The number of carbonyl (C=O) groups excluding carboxylic acids is 1. The Labute approximate surface area is 137 Å². The zero-order chi connectivity index (χ0) is 16.1. The summed E-state index contributed by atoms with van der Waals surface area (Å²) < 4.78 is 10.7. The third-order valence-corrected chi connectivity index (χ3v) is 4.80. The van der Waals surface area contributed by atoms with Crippen molar-refractivity contribution in [3.63, 3.8) is 0 Å². The van der Waals surface area contributed by atoms with Gasteiger partial charge in [-0.25, -0.2) is 0 Å². The van der Waals surface area contributed by atoms with Crippen LogP contribution in [0.2, 0.25) is 0 Å². The summed E-state index contributed by atoms with van der Waals surface area (Å²) in [4.78, 5) is 12.0. The Morgan fingerprint density at radius 2 is 1.83 bits per heavy atom. The number of piperidine rings is 1. The Balaban J connectivity index is 1.31. The van der Waals surface area contributed by atoms with Crippen LogP contribution in [0.15, 0.2) is 24.3 Å². The van der Waals surface area contributed by atoms with Crippen molar-refractivity contribution < 1.29 is 14.3 Å². The molecule has 0 aliphatic carbocycles. The van der Waals surface area contributed by atoms with Gasteiger partial charge < -0.3 is 20.1 Å². The normalized spacial score (nSPS) is 25.9. The quantitative estimate of drug-likeness (QED) is 0.756. The summed E-state index contributed by atoms with van der Waals surface area (Å²) >= 11 is 0. The molecular formula is C18H26N2O3. The van der Waals surface area contributed by atoms with Crippen molar-refractivity contribution in [1.29, 1.82) is 0 Å². The van der Waals surface area contributed by atoms with Gasteiger partial charge in [-0.3, -0.25) is 4.79 Å². The number of rotatable bonds is 7. The largest absolute Gasteiger partial charge is 0.497 e. The number of benzene rings is 1. The lowest BCUT2D eigenvalue weighted by Gasteiger charge is -2.28. The molecule has 3 rings (SSSR count). The van der Waals surface area contributed by atoms with E-state index in [4.69, 9.17) is 9.47 Å². The summed E-state index contributed by atoms with van der Waals surface area (Å²) in [5.74, 6) is 2.28. The van der Waals surface area contributed by atoms with Crippen LogP contribution in [0.4, 0.5) is 0 Å². The van der Waals surface area contributed by atoms with E-state index in [1.165, 1.54) is 12.8 Å². The van der Waals surface area contributed by atoms with Crippen molar-refractivity contribution in [2.75, 3.05) is 20.3 Å². The van der Waals surface area contributed by atoms with Gasteiger partial charge in [-0.05, 0) is 55.9 Å². The van der Waals surface area contributed by atoms with Gasteiger partial charge >= 0.3 is 0 Å². The van der Waals surface area contributed by atoms with Gasteiger partial charge in [0.15, 0.2) is 0 Å². The second kappa shape index (κ2) is 7.68. The number of hydrogen-bond donors (Lipinski definition) is 2. The van der Waals surface area contributed by atoms with Crippen molar-refractivity contribution in [3.05, 3.63) is 24.3 Å². The Hall–Kier alpha value is -1.75. The molecule has 2 unspecified atom stereocenters. The molecule has 1 aromatic carbocycles.